The lowest BCUT2D eigenvalue weighted by molar-refractivity contribution is 0.180. The zero-order valence-corrected chi connectivity index (χ0v) is 11.7. The van der Waals surface area contributed by atoms with Gasteiger partial charge in [-0.2, -0.15) is 17.4 Å². The molecule has 1 unspecified atom stereocenters. The van der Waals surface area contributed by atoms with Gasteiger partial charge in [0.2, 0.25) is 0 Å². The highest BCUT2D eigenvalue weighted by molar-refractivity contribution is 7.87. The predicted molar refractivity (Wildman–Crippen MR) is 71.4 cm³/mol. The Bertz CT molecular complexity index is 488. The highest BCUT2D eigenvalue weighted by Crippen LogP contribution is 2.16. The maximum absolute atomic E-state index is 11.7. The lowest BCUT2D eigenvalue weighted by Crippen LogP contribution is -2.39. The van der Waals surface area contributed by atoms with Gasteiger partial charge in [-0.15, -0.1) is 0 Å². The van der Waals surface area contributed by atoms with Gasteiger partial charge < -0.3 is 5.11 Å². The van der Waals surface area contributed by atoms with Crippen LogP contribution in [0.15, 0.2) is 24.3 Å². The summed E-state index contributed by atoms with van der Waals surface area (Å²) < 4.78 is 26.9. The van der Waals surface area contributed by atoms with Gasteiger partial charge in [0.15, 0.2) is 0 Å². The van der Waals surface area contributed by atoms with Crippen LogP contribution in [0.2, 0.25) is 0 Å². The Labute approximate surface area is 109 Å². The van der Waals surface area contributed by atoms with E-state index in [1.54, 1.807) is 13.0 Å². The van der Waals surface area contributed by atoms with Crippen molar-refractivity contribution in [2.45, 2.75) is 20.0 Å². The van der Waals surface area contributed by atoms with E-state index in [0.29, 0.717) is 6.54 Å². The Morgan fingerprint density at radius 2 is 2.00 bits per heavy atom. The lowest BCUT2D eigenvalue weighted by atomic mass is 10.0. The molecule has 18 heavy (non-hydrogen) atoms. The average Bonchev–Trinajstić information content (AvgIpc) is 2.35. The number of nitrogens with one attached hydrogen (secondary N) is 1. The average molecular weight is 272 g/mol. The first-order valence-electron chi connectivity index (χ1n) is 5.83. The molecule has 0 bridgehead atoms. The zero-order valence-electron chi connectivity index (χ0n) is 10.9. The van der Waals surface area contributed by atoms with Gasteiger partial charge in [0.05, 0.1) is 6.10 Å². The predicted octanol–water partition coefficient (Wildman–Crippen LogP) is 0.815. The normalized spacial score (nSPS) is 13.8. The van der Waals surface area contributed by atoms with Crippen molar-refractivity contribution < 1.29 is 13.5 Å². The number of nitrogens with zero attached hydrogens (tertiary/aromatic N) is 1. The molecule has 0 heterocycles. The number of hydrogen-bond donors (Lipinski definition) is 2. The van der Waals surface area contributed by atoms with Crippen LogP contribution in [0.5, 0.6) is 0 Å². The second-order valence-corrected chi connectivity index (χ2v) is 6.00. The van der Waals surface area contributed by atoms with Crippen molar-refractivity contribution in [2.24, 2.45) is 0 Å². The topological polar surface area (TPSA) is 69.6 Å². The third-order valence-electron chi connectivity index (χ3n) is 2.86. The van der Waals surface area contributed by atoms with Crippen molar-refractivity contribution in [3.8, 4) is 0 Å². The van der Waals surface area contributed by atoms with Gasteiger partial charge in [-0.25, -0.2) is 0 Å². The van der Waals surface area contributed by atoms with Crippen LogP contribution in [0.4, 0.5) is 0 Å². The van der Waals surface area contributed by atoms with Gasteiger partial charge in [0.25, 0.3) is 10.2 Å². The molecule has 1 rings (SSSR count). The highest BCUT2D eigenvalue weighted by atomic mass is 32.2. The summed E-state index contributed by atoms with van der Waals surface area (Å²) in [5.41, 5.74) is 1.67. The molecule has 102 valence electrons. The number of aliphatic hydroxyl groups is 1. The highest BCUT2D eigenvalue weighted by Gasteiger charge is 2.18. The van der Waals surface area contributed by atoms with E-state index in [9.17, 15) is 13.5 Å². The molecule has 1 atom stereocenters. The molecule has 0 aromatic heterocycles. The second kappa shape index (κ2) is 6.29. The SMILES string of the molecule is CCN(C)S(=O)(=O)NCC(O)c1ccccc1C. The van der Waals surface area contributed by atoms with Crippen LogP contribution in [0.1, 0.15) is 24.2 Å². The molecule has 0 amide bonds. The molecule has 0 aliphatic rings. The summed E-state index contributed by atoms with van der Waals surface area (Å²) in [6.07, 6.45) is -0.841. The van der Waals surface area contributed by atoms with E-state index in [1.165, 1.54) is 11.4 Å². The summed E-state index contributed by atoms with van der Waals surface area (Å²) in [5.74, 6) is 0. The van der Waals surface area contributed by atoms with E-state index in [1.807, 2.05) is 25.1 Å². The molecular formula is C12H20N2O3S. The summed E-state index contributed by atoms with van der Waals surface area (Å²) in [5, 5.41) is 9.97. The maximum Gasteiger partial charge on any atom is 0.279 e. The van der Waals surface area contributed by atoms with Gasteiger partial charge in [0.1, 0.15) is 0 Å². The molecule has 0 fully saturated rings. The molecule has 5 nitrogen and oxygen atoms in total. The van der Waals surface area contributed by atoms with E-state index >= 15 is 0 Å². The summed E-state index contributed by atoms with van der Waals surface area (Å²) in [6, 6.07) is 7.36. The third kappa shape index (κ3) is 3.78. The molecule has 1 aromatic rings. The number of benzene rings is 1. The first-order valence-corrected chi connectivity index (χ1v) is 7.27. The van der Waals surface area contributed by atoms with E-state index in [4.69, 9.17) is 0 Å². The fourth-order valence-electron chi connectivity index (χ4n) is 1.54. The number of aliphatic hydroxyl groups excluding tert-OH is 1. The van der Waals surface area contributed by atoms with Crippen LogP contribution >= 0.6 is 0 Å². The van der Waals surface area contributed by atoms with Crippen LogP contribution in [-0.4, -0.2) is 38.0 Å². The summed E-state index contributed by atoms with van der Waals surface area (Å²) in [7, 11) is -2.01. The molecule has 0 radical (unpaired) electrons. The minimum Gasteiger partial charge on any atom is -0.387 e. The molecule has 0 aliphatic carbocycles. The van der Waals surface area contributed by atoms with Gasteiger partial charge in [-0.1, -0.05) is 31.2 Å². The van der Waals surface area contributed by atoms with Crippen LogP contribution in [0, 0.1) is 6.92 Å². The summed E-state index contributed by atoms with van der Waals surface area (Å²) in [6.45, 7) is 3.98. The van der Waals surface area contributed by atoms with Crippen LogP contribution < -0.4 is 4.72 Å². The molecule has 0 spiro atoms. The standard InChI is InChI=1S/C12H20N2O3S/c1-4-14(3)18(16,17)13-9-12(15)11-8-6-5-7-10(11)2/h5-8,12-13,15H,4,9H2,1-3H3. The summed E-state index contributed by atoms with van der Waals surface area (Å²) in [4.78, 5) is 0. The van der Waals surface area contributed by atoms with Crippen LogP contribution in [0.25, 0.3) is 0 Å². The molecule has 0 saturated heterocycles. The Kier molecular flexibility index (Phi) is 5.28. The molecular weight excluding hydrogens is 252 g/mol. The molecule has 0 aliphatic heterocycles. The number of hydrogen-bond acceptors (Lipinski definition) is 3. The first-order chi connectivity index (χ1) is 8.38. The van der Waals surface area contributed by atoms with Gasteiger partial charge >= 0.3 is 0 Å². The smallest absolute Gasteiger partial charge is 0.279 e. The Morgan fingerprint density at radius 1 is 1.39 bits per heavy atom. The second-order valence-electron chi connectivity index (χ2n) is 4.14. The van der Waals surface area contributed by atoms with Gasteiger partial charge in [-0.3, -0.25) is 0 Å². The molecule has 6 heteroatoms. The maximum atomic E-state index is 11.7. The van der Waals surface area contributed by atoms with Gasteiger partial charge in [0, 0.05) is 20.1 Å². The fourth-order valence-corrected chi connectivity index (χ4v) is 2.46. The van der Waals surface area contributed by atoms with Crippen molar-refractivity contribution in [2.75, 3.05) is 20.1 Å². The Balaban J connectivity index is 2.68. The van der Waals surface area contributed by atoms with Crippen molar-refractivity contribution in [3.63, 3.8) is 0 Å². The van der Waals surface area contributed by atoms with E-state index in [0.717, 1.165) is 11.1 Å². The molecule has 1 aromatic carbocycles. The fraction of sp³-hybridized carbons (Fsp3) is 0.500. The third-order valence-corrected chi connectivity index (χ3v) is 4.47. The monoisotopic (exact) mass is 272 g/mol. The summed E-state index contributed by atoms with van der Waals surface area (Å²) >= 11 is 0. The van der Waals surface area contributed by atoms with Crippen molar-refractivity contribution in [1.82, 2.24) is 9.03 Å². The number of rotatable bonds is 6. The van der Waals surface area contributed by atoms with E-state index in [-0.39, 0.29) is 6.54 Å². The zero-order chi connectivity index (χ0) is 13.8. The van der Waals surface area contributed by atoms with Gasteiger partial charge in [-0.05, 0) is 18.1 Å². The van der Waals surface area contributed by atoms with Crippen LogP contribution in [-0.2, 0) is 10.2 Å². The Hall–Kier alpha value is -0.950. The molecule has 0 saturated carbocycles. The van der Waals surface area contributed by atoms with E-state index in [2.05, 4.69) is 4.72 Å². The van der Waals surface area contributed by atoms with E-state index < -0.39 is 16.3 Å². The first kappa shape index (κ1) is 15.1. The van der Waals surface area contributed by atoms with Crippen molar-refractivity contribution in [3.05, 3.63) is 35.4 Å². The minimum atomic E-state index is -3.50. The minimum absolute atomic E-state index is 0.0302. The molecule has 2 N–H and O–H groups in total. The Morgan fingerprint density at radius 3 is 2.56 bits per heavy atom. The van der Waals surface area contributed by atoms with Crippen molar-refractivity contribution >= 4 is 10.2 Å². The quantitative estimate of drug-likeness (QED) is 0.805. The number of aryl methyl sites for hydroxylation is 1. The van der Waals surface area contributed by atoms with Crippen molar-refractivity contribution in [1.29, 1.82) is 0 Å². The lowest BCUT2D eigenvalue weighted by Gasteiger charge is -2.18. The largest absolute Gasteiger partial charge is 0.387 e. The van der Waals surface area contributed by atoms with Crippen LogP contribution in [0.3, 0.4) is 0 Å².